The van der Waals surface area contributed by atoms with E-state index in [0.717, 1.165) is 0 Å². The Kier molecular flexibility index (Phi) is 6.51. The molecular weight excluding hydrogens is 428 g/mol. The fraction of sp³-hybridized carbons (Fsp3) is 0.652. The summed E-state index contributed by atoms with van der Waals surface area (Å²) in [7, 11) is -4.26. The lowest BCUT2D eigenvalue weighted by molar-refractivity contribution is -0.334. The number of carbonyl (C=O) groups excluding carboxylic acids is 2. The van der Waals surface area contributed by atoms with Gasteiger partial charge in [0.2, 0.25) is 14.1 Å². The highest BCUT2D eigenvalue weighted by molar-refractivity contribution is 6.74. The third kappa shape index (κ3) is 5.30. The van der Waals surface area contributed by atoms with Gasteiger partial charge in [-0.15, -0.1) is 0 Å². The molecule has 0 saturated carbocycles. The van der Waals surface area contributed by atoms with E-state index >= 15 is 0 Å². The molecule has 0 unspecified atom stereocenters. The molecule has 2 rings (SSSR count). The van der Waals surface area contributed by atoms with Crippen molar-refractivity contribution in [3.05, 3.63) is 36.6 Å². The first kappa shape index (κ1) is 25.8. The fourth-order valence-electron chi connectivity index (χ4n) is 3.29. The van der Waals surface area contributed by atoms with Crippen molar-refractivity contribution < 1.29 is 27.9 Å². The van der Waals surface area contributed by atoms with Gasteiger partial charge in [-0.05, 0) is 75.9 Å². The predicted octanol–water partition coefficient (Wildman–Crippen LogP) is 5.25. The Labute approximate surface area is 188 Å². The van der Waals surface area contributed by atoms with Crippen molar-refractivity contribution >= 4 is 28.4 Å². The van der Waals surface area contributed by atoms with Crippen molar-refractivity contribution in [3.63, 3.8) is 0 Å². The normalized spacial score (nSPS) is 32.1. The summed E-state index contributed by atoms with van der Waals surface area (Å²) in [6.07, 6.45) is 6.20. The van der Waals surface area contributed by atoms with Crippen LogP contribution in [0.5, 0.6) is 0 Å². The summed E-state index contributed by atoms with van der Waals surface area (Å²) < 4.78 is 24.8. The number of carbonyl (C=O) groups is 2. The van der Waals surface area contributed by atoms with Crippen molar-refractivity contribution in [1.29, 1.82) is 0 Å². The molecule has 0 aromatic heterocycles. The molecular formula is C23H38O6Si2. The highest BCUT2D eigenvalue weighted by atomic mass is 28.4. The van der Waals surface area contributed by atoms with E-state index in [2.05, 4.69) is 40.4 Å². The molecule has 1 saturated heterocycles. The van der Waals surface area contributed by atoms with E-state index in [1.54, 1.807) is 32.1 Å². The Morgan fingerprint density at radius 2 is 1.74 bits per heavy atom. The molecule has 0 aromatic rings. The molecule has 31 heavy (non-hydrogen) atoms. The topological polar surface area (TPSA) is 71.1 Å². The molecule has 3 atom stereocenters. The van der Waals surface area contributed by atoms with Crippen LogP contribution in [-0.4, -0.2) is 45.4 Å². The summed E-state index contributed by atoms with van der Waals surface area (Å²) in [5.41, 5.74) is -2.65. The third-order valence-corrected chi connectivity index (χ3v) is 11.4. The first-order valence-electron chi connectivity index (χ1n) is 10.7. The number of hydrogen-bond donors (Lipinski definition) is 0. The molecule has 1 heterocycles. The molecule has 0 amide bonds. The van der Waals surface area contributed by atoms with E-state index in [1.165, 1.54) is 6.08 Å². The Morgan fingerprint density at radius 1 is 1.16 bits per heavy atom. The second-order valence-electron chi connectivity index (χ2n) is 11.3. The summed E-state index contributed by atoms with van der Waals surface area (Å²) >= 11 is 0. The van der Waals surface area contributed by atoms with Gasteiger partial charge in [0.05, 0.1) is 12.2 Å². The van der Waals surface area contributed by atoms with Gasteiger partial charge in [0.1, 0.15) is 0 Å². The van der Waals surface area contributed by atoms with Crippen LogP contribution in [0.3, 0.4) is 0 Å². The molecule has 0 bridgehead atoms. The van der Waals surface area contributed by atoms with Gasteiger partial charge >= 0.3 is 5.97 Å². The summed E-state index contributed by atoms with van der Waals surface area (Å²) in [6.45, 7) is 24.0. The average molecular weight is 467 g/mol. The zero-order valence-corrected chi connectivity index (χ0v) is 22.7. The Bertz CT molecular complexity index is 832. The van der Waals surface area contributed by atoms with E-state index in [1.807, 2.05) is 19.6 Å². The van der Waals surface area contributed by atoms with Crippen molar-refractivity contribution in [3.8, 4) is 0 Å². The molecule has 6 nitrogen and oxygen atoms in total. The fourth-order valence-corrected chi connectivity index (χ4v) is 5.63. The van der Waals surface area contributed by atoms with Crippen LogP contribution in [0.1, 0.15) is 41.0 Å². The van der Waals surface area contributed by atoms with Crippen LogP contribution in [0.25, 0.3) is 0 Å². The third-order valence-electron chi connectivity index (χ3n) is 6.09. The van der Waals surface area contributed by atoms with Gasteiger partial charge in [-0.25, -0.2) is 4.79 Å². The van der Waals surface area contributed by atoms with Gasteiger partial charge in [-0.1, -0.05) is 27.4 Å². The van der Waals surface area contributed by atoms with E-state index in [-0.39, 0.29) is 17.2 Å². The number of hydrogen-bond acceptors (Lipinski definition) is 6. The van der Waals surface area contributed by atoms with Crippen molar-refractivity contribution in [2.45, 2.75) is 95.8 Å². The van der Waals surface area contributed by atoms with Crippen molar-refractivity contribution in [1.82, 2.24) is 0 Å². The molecule has 0 spiro atoms. The largest absolute Gasteiger partial charge is 0.544 e. The van der Waals surface area contributed by atoms with Crippen LogP contribution in [0.2, 0.25) is 37.8 Å². The van der Waals surface area contributed by atoms with Gasteiger partial charge in [-0.2, -0.15) is 0 Å². The first-order chi connectivity index (χ1) is 13.7. The second-order valence-corrected chi connectivity index (χ2v) is 20.5. The first-order valence-corrected chi connectivity index (χ1v) is 17.0. The standard InChI is InChI=1S/C23H38O6Si2/c1-17(27-31(10,11)20(2,3)4)12-14-21(5)19(25)26-22(6)15-13-18(24)16-23(22,28-21)29-30(7,8)9/h12-15H,1,16H2,2-11H3/b14-12+/t21-,22-,23-/m0/s1. The van der Waals surface area contributed by atoms with Crippen LogP contribution in [0, 0.1) is 0 Å². The number of esters is 1. The van der Waals surface area contributed by atoms with Crippen LogP contribution < -0.4 is 0 Å². The number of rotatable bonds is 6. The minimum Gasteiger partial charge on any atom is -0.544 e. The van der Waals surface area contributed by atoms with Gasteiger partial charge in [0.15, 0.2) is 25.3 Å². The average Bonchev–Trinajstić information content (AvgIpc) is 2.53. The van der Waals surface area contributed by atoms with Crippen LogP contribution >= 0.6 is 0 Å². The summed E-state index contributed by atoms with van der Waals surface area (Å²) in [5.74, 6) is -1.62. The minimum absolute atomic E-state index is 0.0137. The maximum absolute atomic E-state index is 13.0. The highest BCUT2D eigenvalue weighted by Crippen LogP contribution is 2.48. The molecule has 1 fully saturated rings. The molecule has 0 N–H and O–H groups in total. The molecule has 174 valence electrons. The van der Waals surface area contributed by atoms with Crippen LogP contribution in [-0.2, 0) is 27.9 Å². The molecule has 0 radical (unpaired) electrons. The maximum atomic E-state index is 13.0. The Balaban J connectivity index is 2.37. The molecule has 2 aliphatic rings. The SMILES string of the molecule is C=C(/C=C/[C@]1(C)O[C@]2(O[Si](C)(C)C)CC(=O)C=C[C@]2(C)OC1=O)O[Si](C)(C)C(C)(C)C. The zero-order valence-electron chi connectivity index (χ0n) is 20.7. The predicted molar refractivity (Wildman–Crippen MR) is 126 cm³/mol. The van der Waals surface area contributed by atoms with E-state index in [9.17, 15) is 9.59 Å². The van der Waals surface area contributed by atoms with Gasteiger partial charge in [0.25, 0.3) is 0 Å². The second kappa shape index (κ2) is 7.83. The molecule has 8 heteroatoms. The highest BCUT2D eigenvalue weighted by Gasteiger charge is 2.64. The number of fused-ring (bicyclic) bond motifs is 1. The smallest absolute Gasteiger partial charge is 0.343 e. The lowest BCUT2D eigenvalue weighted by Gasteiger charge is -2.55. The zero-order chi connectivity index (χ0) is 24.1. The number of allylic oxidation sites excluding steroid dienone is 2. The van der Waals surface area contributed by atoms with Crippen molar-refractivity contribution in [2.75, 3.05) is 0 Å². The monoisotopic (exact) mass is 466 g/mol. The van der Waals surface area contributed by atoms with E-state index in [4.69, 9.17) is 18.3 Å². The van der Waals surface area contributed by atoms with E-state index in [0.29, 0.717) is 5.76 Å². The summed E-state index contributed by atoms with van der Waals surface area (Å²) in [5, 5.41) is 0.0137. The van der Waals surface area contributed by atoms with E-state index < -0.39 is 39.6 Å². The molecule has 1 aliphatic carbocycles. The van der Waals surface area contributed by atoms with Crippen LogP contribution in [0.4, 0.5) is 0 Å². The quantitative estimate of drug-likeness (QED) is 0.231. The van der Waals surface area contributed by atoms with Crippen LogP contribution in [0.15, 0.2) is 36.6 Å². The lowest BCUT2D eigenvalue weighted by Crippen LogP contribution is -2.70. The molecule has 0 aromatic carbocycles. The Hall–Kier alpha value is -1.49. The van der Waals surface area contributed by atoms with Crippen molar-refractivity contribution in [2.24, 2.45) is 0 Å². The van der Waals surface area contributed by atoms with Gasteiger partial charge in [0, 0.05) is 0 Å². The van der Waals surface area contributed by atoms with Gasteiger partial charge in [-0.3, -0.25) is 4.79 Å². The van der Waals surface area contributed by atoms with Gasteiger partial charge < -0.3 is 18.3 Å². The number of ketones is 1. The molecule has 1 aliphatic heterocycles. The lowest BCUT2D eigenvalue weighted by atomic mass is 9.82. The minimum atomic E-state index is -2.18. The maximum Gasteiger partial charge on any atom is 0.343 e. The number of ether oxygens (including phenoxy) is 2. The summed E-state index contributed by atoms with van der Waals surface area (Å²) in [6, 6.07) is 0. The Morgan fingerprint density at radius 3 is 2.26 bits per heavy atom. The summed E-state index contributed by atoms with van der Waals surface area (Å²) in [4.78, 5) is 25.3.